The van der Waals surface area contributed by atoms with Crippen LogP contribution in [0.3, 0.4) is 0 Å². The molecule has 0 bridgehead atoms. The molecule has 0 aliphatic heterocycles. The zero-order chi connectivity index (χ0) is 16.9. The van der Waals surface area contributed by atoms with Crippen molar-refractivity contribution in [1.29, 1.82) is 0 Å². The highest BCUT2D eigenvalue weighted by molar-refractivity contribution is 5.84. The molecule has 5 nitrogen and oxygen atoms in total. The second kappa shape index (κ2) is 7.79. The summed E-state index contributed by atoms with van der Waals surface area (Å²) in [4.78, 5) is 12.1. The van der Waals surface area contributed by atoms with Gasteiger partial charge in [0.25, 0.3) is 5.91 Å². The lowest BCUT2D eigenvalue weighted by atomic mass is 9.84. The predicted molar refractivity (Wildman–Crippen MR) is 88.2 cm³/mol. The Bertz CT molecular complexity index is 506. The molecule has 1 fully saturated rings. The normalized spacial score (nSPS) is 18.5. The fraction of sp³-hybridized carbons (Fsp3) is 0.611. The number of ether oxygens (including phenoxy) is 1. The van der Waals surface area contributed by atoms with Crippen molar-refractivity contribution in [1.82, 2.24) is 5.32 Å². The zero-order valence-electron chi connectivity index (χ0n) is 13.9. The van der Waals surface area contributed by atoms with Crippen LogP contribution in [0, 0.1) is 0 Å². The summed E-state index contributed by atoms with van der Waals surface area (Å²) in [5.41, 5.74) is -0.565. The van der Waals surface area contributed by atoms with Gasteiger partial charge in [-0.05, 0) is 44.4 Å². The average Bonchev–Trinajstić information content (AvgIpc) is 2.53. The minimum Gasteiger partial charge on any atom is -0.491 e. The molecule has 0 heterocycles. The molecule has 5 heteroatoms. The Morgan fingerprint density at radius 2 is 1.83 bits per heavy atom. The SMILES string of the molecule is CC(C)Oc1ccc([C@H](O)CNC(=O)C2(O)CCCCC2)cc1. The lowest BCUT2D eigenvalue weighted by Crippen LogP contribution is -2.48. The van der Waals surface area contributed by atoms with Crippen molar-refractivity contribution in [3.63, 3.8) is 0 Å². The molecular formula is C18H27NO4. The maximum atomic E-state index is 12.1. The summed E-state index contributed by atoms with van der Waals surface area (Å²) in [5, 5.41) is 23.2. The minimum absolute atomic E-state index is 0.0888. The summed E-state index contributed by atoms with van der Waals surface area (Å²) in [7, 11) is 0. The summed E-state index contributed by atoms with van der Waals surface area (Å²) in [6.45, 7) is 3.99. The summed E-state index contributed by atoms with van der Waals surface area (Å²) < 4.78 is 5.56. The number of amides is 1. The van der Waals surface area contributed by atoms with E-state index in [-0.39, 0.29) is 18.6 Å². The van der Waals surface area contributed by atoms with Crippen LogP contribution in [0.1, 0.15) is 57.6 Å². The number of nitrogens with one attached hydrogen (secondary N) is 1. The molecule has 1 aliphatic carbocycles. The van der Waals surface area contributed by atoms with Gasteiger partial charge in [0.1, 0.15) is 11.4 Å². The smallest absolute Gasteiger partial charge is 0.252 e. The van der Waals surface area contributed by atoms with Crippen molar-refractivity contribution in [3.05, 3.63) is 29.8 Å². The molecule has 0 aromatic heterocycles. The lowest BCUT2D eigenvalue weighted by Gasteiger charge is -2.30. The van der Waals surface area contributed by atoms with Gasteiger partial charge in [0, 0.05) is 6.54 Å². The van der Waals surface area contributed by atoms with Gasteiger partial charge in [0.2, 0.25) is 0 Å². The van der Waals surface area contributed by atoms with E-state index in [1.54, 1.807) is 24.3 Å². The summed E-state index contributed by atoms with van der Waals surface area (Å²) in [6.07, 6.45) is 3.07. The first kappa shape index (κ1) is 17.8. The van der Waals surface area contributed by atoms with Crippen LogP contribution in [0.4, 0.5) is 0 Å². The molecule has 3 N–H and O–H groups in total. The van der Waals surface area contributed by atoms with Gasteiger partial charge >= 0.3 is 0 Å². The lowest BCUT2D eigenvalue weighted by molar-refractivity contribution is -0.143. The van der Waals surface area contributed by atoms with Crippen molar-refractivity contribution in [2.24, 2.45) is 0 Å². The Labute approximate surface area is 137 Å². The van der Waals surface area contributed by atoms with E-state index in [9.17, 15) is 15.0 Å². The van der Waals surface area contributed by atoms with Crippen LogP contribution in [-0.2, 0) is 4.79 Å². The third-order valence-electron chi connectivity index (χ3n) is 4.20. The van der Waals surface area contributed by atoms with Crippen LogP contribution in [0.2, 0.25) is 0 Å². The molecule has 0 radical (unpaired) electrons. The van der Waals surface area contributed by atoms with Crippen molar-refractivity contribution in [2.45, 2.75) is 63.8 Å². The van der Waals surface area contributed by atoms with E-state index in [1.807, 2.05) is 13.8 Å². The fourth-order valence-corrected chi connectivity index (χ4v) is 2.88. The highest BCUT2D eigenvalue weighted by atomic mass is 16.5. The van der Waals surface area contributed by atoms with Crippen LogP contribution >= 0.6 is 0 Å². The molecule has 128 valence electrons. The average molecular weight is 321 g/mol. The maximum absolute atomic E-state index is 12.1. The van der Waals surface area contributed by atoms with E-state index in [0.717, 1.165) is 25.0 Å². The Kier molecular flexibility index (Phi) is 6.02. The largest absolute Gasteiger partial charge is 0.491 e. The van der Waals surface area contributed by atoms with Gasteiger partial charge in [-0.1, -0.05) is 31.4 Å². The van der Waals surface area contributed by atoms with Crippen LogP contribution < -0.4 is 10.1 Å². The van der Waals surface area contributed by atoms with Crippen molar-refractivity contribution >= 4 is 5.91 Å². The molecule has 0 spiro atoms. The quantitative estimate of drug-likeness (QED) is 0.751. The fourth-order valence-electron chi connectivity index (χ4n) is 2.88. The molecule has 1 saturated carbocycles. The number of hydrogen-bond donors (Lipinski definition) is 3. The van der Waals surface area contributed by atoms with E-state index in [2.05, 4.69) is 5.32 Å². The first-order valence-corrected chi connectivity index (χ1v) is 8.36. The topological polar surface area (TPSA) is 78.8 Å². The third-order valence-corrected chi connectivity index (χ3v) is 4.20. The number of aliphatic hydroxyl groups excluding tert-OH is 1. The highest BCUT2D eigenvalue weighted by Crippen LogP contribution is 2.28. The van der Waals surface area contributed by atoms with E-state index in [4.69, 9.17) is 4.74 Å². The molecule has 1 aromatic rings. The van der Waals surface area contributed by atoms with E-state index in [1.165, 1.54) is 0 Å². The molecule has 1 aliphatic rings. The minimum atomic E-state index is -1.27. The number of carbonyl (C=O) groups is 1. The molecule has 1 atom stereocenters. The summed E-state index contributed by atoms with van der Waals surface area (Å²) in [6, 6.07) is 7.16. The van der Waals surface area contributed by atoms with E-state index < -0.39 is 11.7 Å². The summed E-state index contributed by atoms with van der Waals surface area (Å²) >= 11 is 0. The van der Waals surface area contributed by atoms with Crippen LogP contribution in [0.15, 0.2) is 24.3 Å². The van der Waals surface area contributed by atoms with Crippen LogP contribution in [0.5, 0.6) is 5.75 Å². The molecule has 23 heavy (non-hydrogen) atoms. The molecule has 0 saturated heterocycles. The second-order valence-electron chi connectivity index (χ2n) is 6.55. The van der Waals surface area contributed by atoms with Gasteiger partial charge < -0.3 is 20.3 Å². The van der Waals surface area contributed by atoms with Crippen molar-refractivity contribution in [2.75, 3.05) is 6.54 Å². The Morgan fingerprint density at radius 1 is 1.22 bits per heavy atom. The zero-order valence-corrected chi connectivity index (χ0v) is 13.9. The van der Waals surface area contributed by atoms with Gasteiger partial charge in [-0.25, -0.2) is 0 Å². The monoisotopic (exact) mass is 321 g/mol. The number of carbonyl (C=O) groups excluding carboxylic acids is 1. The van der Waals surface area contributed by atoms with Gasteiger partial charge in [-0.15, -0.1) is 0 Å². The first-order chi connectivity index (χ1) is 10.9. The number of aliphatic hydroxyl groups is 2. The highest BCUT2D eigenvalue weighted by Gasteiger charge is 2.36. The standard InChI is InChI=1S/C18H27NO4/c1-13(2)23-15-8-6-14(7-9-15)16(20)12-19-17(21)18(22)10-4-3-5-11-18/h6-9,13,16,20,22H,3-5,10-12H2,1-2H3,(H,19,21)/t16-/m1/s1. The van der Waals surface area contributed by atoms with Crippen molar-refractivity contribution in [3.8, 4) is 5.75 Å². The van der Waals surface area contributed by atoms with Gasteiger partial charge in [0.15, 0.2) is 0 Å². The Morgan fingerprint density at radius 3 is 2.39 bits per heavy atom. The van der Waals surface area contributed by atoms with Gasteiger partial charge in [-0.3, -0.25) is 4.79 Å². The Hall–Kier alpha value is -1.59. The van der Waals surface area contributed by atoms with Gasteiger partial charge in [0.05, 0.1) is 12.2 Å². The van der Waals surface area contributed by atoms with Gasteiger partial charge in [-0.2, -0.15) is 0 Å². The molecule has 2 rings (SSSR count). The first-order valence-electron chi connectivity index (χ1n) is 8.36. The predicted octanol–water partition coefficient (Wildman–Crippen LogP) is 2.32. The molecule has 1 amide bonds. The molecule has 1 aromatic carbocycles. The number of rotatable bonds is 6. The third kappa shape index (κ3) is 4.94. The van der Waals surface area contributed by atoms with Crippen LogP contribution in [-0.4, -0.2) is 34.4 Å². The molecule has 0 unspecified atom stereocenters. The Balaban J connectivity index is 1.86. The maximum Gasteiger partial charge on any atom is 0.252 e. The molecular weight excluding hydrogens is 294 g/mol. The summed E-state index contributed by atoms with van der Waals surface area (Å²) in [5.74, 6) is 0.368. The van der Waals surface area contributed by atoms with Crippen LogP contribution in [0.25, 0.3) is 0 Å². The number of benzene rings is 1. The van der Waals surface area contributed by atoms with Crippen molar-refractivity contribution < 1.29 is 19.7 Å². The second-order valence-corrected chi connectivity index (χ2v) is 6.55. The number of hydrogen-bond acceptors (Lipinski definition) is 4. The van der Waals surface area contributed by atoms with E-state index >= 15 is 0 Å². The van der Waals surface area contributed by atoms with E-state index in [0.29, 0.717) is 18.4 Å².